The molecule has 0 atom stereocenters. The lowest BCUT2D eigenvalue weighted by Gasteiger charge is -2.18. The quantitative estimate of drug-likeness (QED) is 0.818. The fourth-order valence-electron chi connectivity index (χ4n) is 2.10. The van der Waals surface area contributed by atoms with E-state index < -0.39 is 0 Å². The van der Waals surface area contributed by atoms with Crippen molar-refractivity contribution in [3.63, 3.8) is 0 Å². The largest absolute Gasteiger partial charge is 0.399 e. The topological polar surface area (TPSA) is 71.2 Å². The van der Waals surface area contributed by atoms with E-state index in [1.165, 1.54) is 0 Å². The molecule has 0 spiro atoms. The van der Waals surface area contributed by atoms with Crippen molar-refractivity contribution in [2.24, 2.45) is 0 Å². The normalized spacial score (nSPS) is 10.5. The Bertz CT molecular complexity index is 608. The number of pyridine rings is 1. The number of hydrogen-bond donors (Lipinski definition) is 2. The van der Waals surface area contributed by atoms with Crippen molar-refractivity contribution in [1.82, 2.24) is 9.88 Å². The van der Waals surface area contributed by atoms with E-state index in [0.29, 0.717) is 5.82 Å². The first-order valence-electron chi connectivity index (χ1n) is 6.82. The second-order valence-corrected chi connectivity index (χ2v) is 4.57. The molecule has 106 valence electrons. The number of amides is 1. The van der Waals surface area contributed by atoms with Crippen LogP contribution in [0.2, 0.25) is 0 Å². The van der Waals surface area contributed by atoms with E-state index in [4.69, 9.17) is 5.73 Å². The Kier molecular flexibility index (Phi) is 4.40. The molecule has 0 saturated carbocycles. The molecule has 1 amide bonds. The third-order valence-corrected chi connectivity index (χ3v) is 3.25. The van der Waals surface area contributed by atoms with Crippen molar-refractivity contribution in [3.05, 3.63) is 30.3 Å². The number of aromatic nitrogens is 1. The van der Waals surface area contributed by atoms with E-state index in [2.05, 4.69) is 10.3 Å². The van der Waals surface area contributed by atoms with Crippen molar-refractivity contribution < 1.29 is 4.79 Å². The Morgan fingerprint density at radius 3 is 2.70 bits per heavy atom. The van der Waals surface area contributed by atoms with Gasteiger partial charge >= 0.3 is 0 Å². The molecule has 0 aliphatic carbocycles. The maximum atomic E-state index is 11.9. The van der Waals surface area contributed by atoms with E-state index in [0.717, 1.165) is 29.7 Å². The van der Waals surface area contributed by atoms with Gasteiger partial charge in [0.05, 0.1) is 12.1 Å². The highest BCUT2D eigenvalue weighted by atomic mass is 16.2. The first-order valence-corrected chi connectivity index (χ1v) is 6.82. The SMILES string of the molecule is CCN(CC)C(=O)CNc1ccc2cc(N)ccc2n1. The summed E-state index contributed by atoms with van der Waals surface area (Å²) in [6, 6.07) is 9.38. The summed E-state index contributed by atoms with van der Waals surface area (Å²) in [5.41, 5.74) is 7.31. The molecule has 0 aliphatic rings. The van der Waals surface area contributed by atoms with Crippen LogP contribution in [-0.4, -0.2) is 35.4 Å². The molecular weight excluding hydrogens is 252 g/mol. The van der Waals surface area contributed by atoms with Crippen molar-refractivity contribution >= 4 is 28.3 Å². The van der Waals surface area contributed by atoms with E-state index >= 15 is 0 Å². The van der Waals surface area contributed by atoms with Crippen LogP contribution in [0.1, 0.15) is 13.8 Å². The zero-order chi connectivity index (χ0) is 14.5. The fourth-order valence-corrected chi connectivity index (χ4v) is 2.10. The van der Waals surface area contributed by atoms with Gasteiger partial charge in [0.1, 0.15) is 5.82 Å². The number of nitrogen functional groups attached to an aromatic ring is 1. The molecule has 0 bridgehead atoms. The molecule has 2 aromatic rings. The van der Waals surface area contributed by atoms with Crippen molar-refractivity contribution in [3.8, 4) is 0 Å². The molecule has 0 aliphatic heterocycles. The Labute approximate surface area is 118 Å². The van der Waals surface area contributed by atoms with Crippen molar-refractivity contribution in [1.29, 1.82) is 0 Å². The number of likely N-dealkylation sites (N-methyl/N-ethyl adjacent to an activating group) is 1. The number of nitrogens with zero attached hydrogens (tertiary/aromatic N) is 2. The number of nitrogens with one attached hydrogen (secondary N) is 1. The Morgan fingerprint density at radius 1 is 1.25 bits per heavy atom. The lowest BCUT2D eigenvalue weighted by atomic mass is 10.2. The van der Waals surface area contributed by atoms with Gasteiger partial charge in [-0.05, 0) is 44.2 Å². The van der Waals surface area contributed by atoms with Gasteiger partial charge in [-0.15, -0.1) is 0 Å². The van der Waals surface area contributed by atoms with Crippen LogP contribution in [0.3, 0.4) is 0 Å². The number of fused-ring (bicyclic) bond motifs is 1. The van der Waals surface area contributed by atoms with Crippen LogP contribution in [-0.2, 0) is 4.79 Å². The summed E-state index contributed by atoms with van der Waals surface area (Å²) < 4.78 is 0. The highest BCUT2D eigenvalue weighted by Gasteiger charge is 2.09. The number of rotatable bonds is 5. The van der Waals surface area contributed by atoms with Gasteiger partial charge in [-0.1, -0.05) is 0 Å². The number of nitrogens with two attached hydrogens (primary N) is 1. The molecule has 2 rings (SSSR count). The average molecular weight is 272 g/mol. The van der Waals surface area contributed by atoms with Gasteiger partial charge in [-0.25, -0.2) is 4.98 Å². The second-order valence-electron chi connectivity index (χ2n) is 4.57. The van der Waals surface area contributed by atoms with Crippen LogP contribution < -0.4 is 11.1 Å². The van der Waals surface area contributed by atoms with Gasteiger partial charge in [0, 0.05) is 24.2 Å². The molecule has 20 heavy (non-hydrogen) atoms. The Morgan fingerprint density at radius 2 is 2.00 bits per heavy atom. The number of benzene rings is 1. The lowest BCUT2D eigenvalue weighted by Crippen LogP contribution is -2.35. The molecule has 1 aromatic heterocycles. The lowest BCUT2D eigenvalue weighted by molar-refractivity contribution is -0.128. The predicted octanol–water partition coefficient (Wildman–Crippen LogP) is 2.10. The summed E-state index contributed by atoms with van der Waals surface area (Å²) in [5.74, 6) is 0.775. The van der Waals surface area contributed by atoms with Gasteiger partial charge in [0.15, 0.2) is 0 Å². The zero-order valence-corrected chi connectivity index (χ0v) is 11.9. The molecule has 3 N–H and O–H groups in total. The minimum absolute atomic E-state index is 0.0780. The van der Waals surface area contributed by atoms with E-state index in [9.17, 15) is 4.79 Å². The van der Waals surface area contributed by atoms with E-state index in [1.54, 1.807) is 4.90 Å². The predicted molar refractivity (Wildman–Crippen MR) is 82.6 cm³/mol. The van der Waals surface area contributed by atoms with E-state index in [1.807, 2.05) is 44.2 Å². The molecule has 1 aromatic carbocycles. The highest BCUT2D eigenvalue weighted by Crippen LogP contribution is 2.17. The van der Waals surface area contributed by atoms with Crippen LogP contribution in [0.5, 0.6) is 0 Å². The van der Waals surface area contributed by atoms with Gasteiger partial charge < -0.3 is 16.0 Å². The summed E-state index contributed by atoms with van der Waals surface area (Å²) in [4.78, 5) is 18.2. The standard InChI is InChI=1S/C15H20N4O/c1-3-19(4-2)15(20)10-17-14-8-5-11-9-12(16)6-7-13(11)18-14/h5-9H,3-4,10,16H2,1-2H3,(H,17,18). The monoisotopic (exact) mass is 272 g/mol. The van der Waals surface area contributed by atoms with Gasteiger partial charge in [-0.2, -0.15) is 0 Å². The number of hydrogen-bond acceptors (Lipinski definition) is 4. The fraction of sp³-hybridized carbons (Fsp3) is 0.333. The summed E-state index contributed by atoms with van der Waals surface area (Å²) in [7, 11) is 0. The first kappa shape index (κ1) is 14.1. The summed E-state index contributed by atoms with van der Waals surface area (Å²) >= 11 is 0. The van der Waals surface area contributed by atoms with Gasteiger partial charge in [-0.3, -0.25) is 4.79 Å². The molecule has 1 heterocycles. The Hall–Kier alpha value is -2.30. The Balaban J connectivity index is 2.07. The minimum Gasteiger partial charge on any atom is -0.399 e. The maximum Gasteiger partial charge on any atom is 0.241 e. The zero-order valence-electron chi connectivity index (χ0n) is 11.9. The summed E-state index contributed by atoms with van der Waals surface area (Å²) in [6.07, 6.45) is 0. The van der Waals surface area contributed by atoms with E-state index in [-0.39, 0.29) is 12.5 Å². The van der Waals surface area contributed by atoms with Crippen molar-refractivity contribution in [2.45, 2.75) is 13.8 Å². The smallest absolute Gasteiger partial charge is 0.241 e. The molecular formula is C15H20N4O. The van der Waals surface area contributed by atoms with Gasteiger partial charge in [0.25, 0.3) is 0 Å². The molecule has 0 saturated heterocycles. The average Bonchev–Trinajstić information content (AvgIpc) is 2.46. The number of anilines is 2. The third-order valence-electron chi connectivity index (χ3n) is 3.25. The molecule has 0 unspecified atom stereocenters. The first-order chi connectivity index (χ1) is 9.63. The van der Waals surface area contributed by atoms with Crippen LogP contribution in [0, 0.1) is 0 Å². The highest BCUT2D eigenvalue weighted by molar-refractivity contribution is 5.84. The van der Waals surface area contributed by atoms with Crippen LogP contribution >= 0.6 is 0 Å². The minimum atomic E-state index is 0.0780. The van der Waals surface area contributed by atoms with Crippen LogP contribution in [0.15, 0.2) is 30.3 Å². The molecule has 0 radical (unpaired) electrons. The molecule has 5 nitrogen and oxygen atoms in total. The summed E-state index contributed by atoms with van der Waals surface area (Å²) in [6.45, 7) is 5.65. The van der Waals surface area contributed by atoms with Crippen LogP contribution in [0.4, 0.5) is 11.5 Å². The van der Waals surface area contributed by atoms with Gasteiger partial charge in [0.2, 0.25) is 5.91 Å². The number of carbonyl (C=O) groups excluding carboxylic acids is 1. The third kappa shape index (κ3) is 3.17. The van der Waals surface area contributed by atoms with Crippen LogP contribution in [0.25, 0.3) is 10.9 Å². The second kappa shape index (κ2) is 6.23. The number of carbonyl (C=O) groups is 1. The summed E-state index contributed by atoms with van der Waals surface area (Å²) in [5, 5.41) is 4.06. The molecule has 5 heteroatoms. The van der Waals surface area contributed by atoms with Crippen molar-refractivity contribution in [2.75, 3.05) is 30.7 Å². The molecule has 0 fully saturated rings. The maximum absolute atomic E-state index is 11.9.